The number of hydrogen-bond acceptors (Lipinski definition) is 4. The van der Waals surface area contributed by atoms with E-state index in [9.17, 15) is 9.59 Å². The monoisotopic (exact) mass is 375 g/mol. The van der Waals surface area contributed by atoms with E-state index in [-0.39, 0.29) is 18.0 Å². The number of carbonyl (C=O) groups excluding carboxylic acids is 2. The Morgan fingerprint density at radius 2 is 1.89 bits per heavy atom. The Balaban J connectivity index is 1.72. The van der Waals surface area contributed by atoms with Gasteiger partial charge in [-0.1, -0.05) is 30.3 Å². The highest BCUT2D eigenvalue weighted by Gasteiger charge is 2.23. The van der Waals surface area contributed by atoms with Crippen molar-refractivity contribution in [3.63, 3.8) is 0 Å². The van der Waals surface area contributed by atoms with Crippen LogP contribution < -0.4 is 5.32 Å². The molecule has 1 saturated heterocycles. The second-order valence-electron chi connectivity index (χ2n) is 7.27. The van der Waals surface area contributed by atoms with E-state index in [0.29, 0.717) is 45.2 Å². The number of likely N-dealkylation sites (tertiary alicyclic amines) is 1. The van der Waals surface area contributed by atoms with Crippen molar-refractivity contribution >= 4 is 12.0 Å². The Morgan fingerprint density at radius 1 is 1.22 bits per heavy atom. The molecule has 27 heavy (non-hydrogen) atoms. The maximum atomic E-state index is 12.7. The number of benzene rings is 1. The molecule has 1 aromatic rings. The van der Waals surface area contributed by atoms with Crippen molar-refractivity contribution in [2.45, 2.75) is 58.7 Å². The van der Waals surface area contributed by atoms with Crippen molar-refractivity contribution < 1.29 is 14.3 Å². The summed E-state index contributed by atoms with van der Waals surface area (Å²) in [5, 5.41) is 3.48. The Bertz CT molecular complexity index is 584. The minimum Gasteiger partial charge on any atom is -0.450 e. The van der Waals surface area contributed by atoms with Crippen LogP contribution in [0.2, 0.25) is 0 Å². The number of nitrogens with one attached hydrogen (secondary N) is 1. The zero-order chi connectivity index (χ0) is 19.6. The second kappa shape index (κ2) is 10.9. The van der Waals surface area contributed by atoms with Crippen LogP contribution in [0.5, 0.6) is 0 Å². The average Bonchev–Trinajstić information content (AvgIpc) is 2.67. The van der Waals surface area contributed by atoms with Gasteiger partial charge in [0.1, 0.15) is 0 Å². The highest BCUT2D eigenvalue weighted by molar-refractivity contribution is 5.76. The fourth-order valence-electron chi connectivity index (χ4n) is 3.35. The van der Waals surface area contributed by atoms with Crippen molar-refractivity contribution in [2.75, 3.05) is 26.2 Å². The van der Waals surface area contributed by atoms with Crippen molar-refractivity contribution in [2.24, 2.45) is 0 Å². The summed E-state index contributed by atoms with van der Waals surface area (Å²) in [7, 11) is 0. The third-order valence-electron chi connectivity index (χ3n) is 4.93. The zero-order valence-electron chi connectivity index (χ0n) is 16.8. The van der Waals surface area contributed by atoms with Crippen LogP contribution >= 0.6 is 0 Å². The van der Waals surface area contributed by atoms with E-state index in [1.807, 2.05) is 30.0 Å². The largest absolute Gasteiger partial charge is 0.450 e. The first-order valence-electron chi connectivity index (χ1n) is 9.99. The molecule has 0 unspecified atom stereocenters. The lowest BCUT2D eigenvalue weighted by molar-refractivity contribution is -0.133. The van der Waals surface area contributed by atoms with Crippen LogP contribution in [0.15, 0.2) is 30.3 Å². The molecule has 1 fully saturated rings. The Hall–Kier alpha value is -2.08. The van der Waals surface area contributed by atoms with Crippen LogP contribution in [0.4, 0.5) is 4.79 Å². The maximum Gasteiger partial charge on any atom is 0.409 e. The van der Waals surface area contributed by atoms with Crippen LogP contribution in [0.25, 0.3) is 0 Å². The SMILES string of the molecule is CCOC(=O)N1CCC(NCCC(=O)N(Cc2ccccc2)C(C)C)CC1. The Labute approximate surface area is 162 Å². The van der Waals surface area contributed by atoms with Gasteiger partial charge in [0.2, 0.25) is 5.91 Å². The fraction of sp³-hybridized carbons (Fsp3) is 0.619. The summed E-state index contributed by atoms with van der Waals surface area (Å²) in [6.45, 7) is 9.07. The van der Waals surface area contributed by atoms with Crippen molar-refractivity contribution in [1.29, 1.82) is 0 Å². The molecule has 0 aromatic heterocycles. The molecule has 150 valence electrons. The van der Waals surface area contributed by atoms with Gasteiger partial charge >= 0.3 is 6.09 Å². The molecule has 6 nitrogen and oxygen atoms in total. The molecule has 0 bridgehead atoms. The van der Waals surface area contributed by atoms with Gasteiger partial charge in [-0.05, 0) is 39.2 Å². The normalized spacial score (nSPS) is 15.0. The van der Waals surface area contributed by atoms with E-state index < -0.39 is 0 Å². The molecule has 2 rings (SSSR count). The molecule has 2 amide bonds. The smallest absolute Gasteiger partial charge is 0.409 e. The van der Waals surface area contributed by atoms with E-state index in [1.165, 1.54) is 0 Å². The average molecular weight is 376 g/mol. The molecule has 6 heteroatoms. The lowest BCUT2D eigenvalue weighted by Crippen LogP contribution is -2.46. The van der Waals surface area contributed by atoms with Gasteiger partial charge in [0.25, 0.3) is 0 Å². The lowest BCUT2D eigenvalue weighted by atomic mass is 10.1. The molecule has 0 radical (unpaired) electrons. The van der Waals surface area contributed by atoms with E-state index in [4.69, 9.17) is 4.74 Å². The first-order chi connectivity index (χ1) is 13.0. The van der Waals surface area contributed by atoms with Gasteiger partial charge in [0.05, 0.1) is 6.61 Å². The number of rotatable bonds is 8. The van der Waals surface area contributed by atoms with Crippen molar-refractivity contribution in [3.05, 3.63) is 35.9 Å². The minimum atomic E-state index is -0.223. The third kappa shape index (κ3) is 6.86. The number of amides is 2. The van der Waals surface area contributed by atoms with Gasteiger partial charge in [-0.25, -0.2) is 4.79 Å². The molecule has 1 N–H and O–H groups in total. The summed E-state index contributed by atoms with van der Waals surface area (Å²) in [6.07, 6.45) is 2.05. The van der Waals surface area contributed by atoms with Gasteiger partial charge in [-0.15, -0.1) is 0 Å². The minimum absolute atomic E-state index is 0.172. The first-order valence-corrected chi connectivity index (χ1v) is 9.99. The summed E-state index contributed by atoms with van der Waals surface area (Å²) in [6, 6.07) is 10.6. The van der Waals surface area contributed by atoms with E-state index >= 15 is 0 Å². The summed E-state index contributed by atoms with van der Waals surface area (Å²) in [4.78, 5) is 28.1. The standard InChI is InChI=1S/C21H33N3O3/c1-4-27-21(26)23-14-11-19(12-15-23)22-13-10-20(25)24(17(2)3)16-18-8-6-5-7-9-18/h5-9,17,19,22H,4,10-16H2,1-3H3. The quantitative estimate of drug-likeness (QED) is 0.759. The molecule has 1 aliphatic heterocycles. The van der Waals surface area contributed by atoms with Crippen molar-refractivity contribution in [1.82, 2.24) is 15.1 Å². The summed E-state index contributed by atoms with van der Waals surface area (Å²) in [5.41, 5.74) is 1.15. The van der Waals surface area contributed by atoms with E-state index in [0.717, 1.165) is 18.4 Å². The molecular weight excluding hydrogens is 342 g/mol. The van der Waals surface area contributed by atoms with Crippen LogP contribution in [-0.2, 0) is 16.1 Å². The van der Waals surface area contributed by atoms with Gasteiger partial charge in [0, 0.05) is 44.7 Å². The predicted octanol–water partition coefficient (Wildman–Crippen LogP) is 3.02. The molecule has 1 aliphatic rings. The van der Waals surface area contributed by atoms with E-state index in [2.05, 4.69) is 31.3 Å². The van der Waals surface area contributed by atoms with Crippen LogP contribution in [0.1, 0.15) is 45.6 Å². The zero-order valence-corrected chi connectivity index (χ0v) is 16.8. The molecule has 0 atom stereocenters. The van der Waals surface area contributed by atoms with Crippen LogP contribution in [-0.4, -0.2) is 60.1 Å². The number of carbonyl (C=O) groups is 2. The Morgan fingerprint density at radius 3 is 2.48 bits per heavy atom. The number of nitrogens with zero attached hydrogens (tertiary/aromatic N) is 2. The summed E-state index contributed by atoms with van der Waals surface area (Å²) >= 11 is 0. The number of ether oxygens (including phenoxy) is 1. The molecule has 1 heterocycles. The molecule has 0 saturated carbocycles. The van der Waals surface area contributed by atoms with Crippen LogP contribution in [0.3, 0.4) is 0 Å². The highest BCUT2D eigenvalue weighted by atomic mass is 16.6. The summed E-state index contributed by atoms with van der Waals surface area (Å²) < 4.78 is 5.04. The van der Waals surface area contributed by atoms with Gasteiger partial charge < -0.3 is 19.9 Å². The highest BCUT2D eigenvalue weighted by Crippen LogP contribution is 2.13. The topological polar surface area (TPSA) is 61.9 Å². The first kappa shape index (κ1) is 21.2. The van der Waals surface area contributed by atoms with Gasteiger partial charge in [-0.2, -0.15) is 0 Å². The van der Waals surface area contributed by atoms with Crippen LogP contribution in [0, 0.1) is 0 Å². The Kier molecular flexibility index (Phi) is 8.58. The number of piperidine rings is 1. The fourth-order valence-corrected chi connectivity index (χ4v) is 3.35. The molecular formula is C21H33N3O3. The van der Waals surface area contributed by atoms with Gasteiger partial charge in [0.15, 0.2) is 0 Å². The maximum absolute atomic E-state index is 12.7. The molecule has 0 aliphatic carbocycles. The molecule has 1 aromatic carbocycles. The van der Waals surface area contributed by atoms with Crippen molar-refractivity contribution in [3.8, 4) is 0 Å². The third-order valence-corrected chi connectivity index (χ3v) is 4.93. The second-order valence-corrected chi connectivity index (χ2v) is 7.27. The number of hydrogen-bond donors (Lipinski definition) is 1. The lowest BCUT2D eigenvalue weighted by Gasteiger charge is -2.32. The van der Waals surface area contributed by atoms with E-state index in [1.54, 1.807) is 4.90 Å². The van der Waals surface area contributed by atoms with Gasteiger partial charge in [-0.3, -0.25) is 4.79 Å². The predicted molar refractivity (Wildman–Crippen MR) is 106 cm³/mol. The molecule has 0 spiro atoms. The summed E-state index contributed by atoms with van der Waals surface area (Å²) in [5.74, 6) is 0.172.